The maximum Gasteiger partial charge on any atom is 0.472 e. The van der Waals surface area contributed by atoms with Gasteiger partial charge in [0.2, 0.25) is 0 Å². The molecule has 1 fully saturated rings. The van der Waals surface area contributed by atoms with Gasteiger partial charge in [0.25, 0.3) is 0 Å². The molecule has 0 bridgehead atoms. The maximum absolute atomic E-state index is 12.7. The van der Waals surface area contributed by atoms with E-state index in [1.54, 1.807) is 0 Å². The summed E-state index contributed by atoms with van der Waals surface area (Å²) >= 11 is 0. The van der Waals surface area contributed by atoms with Crippen LogP contribution in [0.15, 0.2) is 24.3 Å². The summed E-state index contributed by atoms with van der Waals surface area (Å²) in [6.45, 7) is 3.22. The summed E-state index contributed by atoms with van der Waals surface area (Å²) in [5.41, 5.74) is 0. The fourth-order valence-electron chi connectivity index (χ4n) is 6.14. The van der Waals surface area contributed by atoms with Crippen LogP contribution in [-0.4, -0.2) is 98.3 Å². The van der Waals surface area contributed by atoms with Crippen LogP contribution in [-0.2, 0) is 32.7 Å². The Morgan fingerprint density at radius 2 is 1.00 bits per heavy atom. The lowest BCUT2D eigenvalue weighted by Crippen LogP contribution is -2.64. The van der Waals surface area contributed by atoms with Crippen molar-refractivity contribution in [3.63, 3.8) is 0 Å². The van der Waals surface area contributed by atoms with Gasteiger partial charge in [-0.05, 0) is 44.9 Å². The highest BCUT2D eigenvalue weighted by molar-refractivity contribution is 7.47. The maximum atomic E-state index is 12.7. The van der Waals surface area contributed by atoms with Crippen molar-refractivity contribution in [1.82, 2.24) is 0 Å². The molecule has 0 aliphatic heterocycles. The molecule has 6 N–H and O–H groups in total. The Bertz CT molecular complexity index is 1050. The fraction of sp³-hybridized carbons (Fsp3) is 0.850. The molecule has 13 nitrogen and oxygen atoms in total. The van der Waals surface area contributed by atoms with Crippen LogP contribution in [0.25, 0.3) is 0 Å². The predicted octanol–water partition coefficient (Wildman–Crippen LogP) is 6.89. The van der Waals surface area contributed by atoms with E-state index >= 15 is 0 Å². The number of allylic oxidation sites excluding steroid dienone is 4. The van der Waals surface area contributed by atoms with Crippen LogP contribution in [0.3, 0.4) is 0 Å². The van der Waals surface area contributed by atoms with Crippen molar-refractivity contribution in [2.75, 3.05) is 13.2 Å². The molecule has 1 saturated carbocycles. The topological polar surface area (TPSA) is 210 Å². The average Bonchev–Trinajstić information content (AvgIpc) is 3.15. The number of aliphatic hydroxyl groups excluding tert-OH is 5. The third-order valence-corrected chi connectivity index (χ3v) is 10.5. The second-order valence-electron chi connectivity index (χ2n) is 14.5. The van der Waals surface area contributed by atoms with Crippen LogP contribution >= 0.6 is 7.82 Å². The number of carbonyl (C=O) groups is 2. The first kappa shape index (κ1) is 50.3. The van der Waals surface area contributed by atoms with E-state index in [0.29, 0.717) is 12.8 Å². The van der Waals surface area contributed by atoms with E-state index in [-0.39, 0.29) is 12.8 Å². The predicted molar refractivity (Wildman–Crippen MR) is 207 cm³/mol. The third-order valence-electron chi connectivity index (χ3n) is 9.55. The van der Waals surface area contributed by atoms with Crippen LogP contribution in [0, 0.1) is 0 Å². The van der Waals surface area contributed by atoms with Crippen LogP contribution < -0.4 is 0 Å². The van der Waals surface area contributed by atoms with Crippen LogP contribution in [0.4, 0.5) is 0 Å². The summed E-state index contributed by atoms with van der Waals surface area (Å²) in [5.74, 6) is -1.12. The molecule has 8 atom stereocenters. The number of rotatable bonds is 33. The number of phosphoric acid groups is 1. The minimum Gasteiger partial charge on any atom is -0.462 e. The molecule has 316 valence electrons. The Morgan fingerprint density at radius 3 is 1.54 bits per heavy atom. The normalized spacial score (nSPS) is 23.5. The van der Waals surface area contributed by atoms with E-state index in [9.17, 15) is 44.6 Å². The lowest BCUT2D eigenvalue weighted by Gasteiger charge is -2.41. The number of ether oxygens (including phenoxy) is 2. The van der Waals surface area contributed by atoms with Gasteiger partial charge in [-0.25, -0.2) is 4.57 Å². The van der Waals surface area contributed by atoms with E-state index in [1.807, 2.05) is 0 Å². The number of aliphatic hydroxyl groups is 5. The molecule has 1 aliphatic rings. The number of unbranched alkanes of at least 4 members (excludes halogenated alkanes) is 17. The van der Waals surface area contributed by atoms with Gasteiger partial charge in [-0.3, -0.25) is 18.6 Å². The number of hydrogen-bond donors (Lipinski definition) is 6. The van der Waals surface area contributed by atoms with E-state index in [2.05, 4.69) is 38.2 Å². The van der Waals surface area contributed by atoms with Crippen molar-refractivity contribution in [2.24, 2.45) is 0 Å². The Balaban J connectivity index is 2.52. The molecule has 14 heteroatoms. The zero-order valence-corrected chi connectivity index (χ0v) is 33.9. The smallest absolute Gasteiger partial charge is 0.462 e. The molecule has 0 aromatic heterocycles. The second-order valence-corrected chi connectivity index (χ2v) is 15.9. The van der Waals surface area contributed by atoms with Gasteiger partial charge in [0.05, 0.1) is 6.61 Å². The molecular weight excluding hydrogens is 719 g/mol. The number of carbonyl (C=O) groups excluding carboxylic acids is 2. The molecule has 0 spiro atoms. The first-order valence-corrected chi connectivity index (χ1v) is 22.1. The van der Waals surface area contributed by atoms with Crippen molar-refractivity contribution in [3.8, 4) is 0 Å². The molecule has 1 rings (SSSR count). The summed E-state index contributed by atoms with van der Waals surface area (Å²) < 4.78 is 33.3. The molecule has 0 radical (unpaired) electrons. The van der Waals surface area contributed by atoms with Gasteiger partial charge in [-0.1, -0.05) is 128 Å². The summed E-state index contributed by atoms with van der Waals surface area (Å²) in [4.78, 5) is 35.5. The quantitative estimate of drug-likeness (QED) is 0.0173. The van der Waals surface area contributed by atoms with Crippen LogP contribution in [0.2, 0.25) is 0 Å². The van der Waals surface area contributed by atoms with Crippen LogP contribution in [0.5, 0.6) is 0 Å². The molecular formula is C40H73O13P. The molecule has 1 aliphatic carbocycles. The Hall–Kier alpha value is -1.67. The molecule has 6 unspecified atom stereocenters. The van der Waals surface area contributed by atoms with Gasteiger partial charge in [0.15, 0.2) is 6.10 Å². The lowest BCUT2D eigenvalue weighted by molar-refractivity contribution is -0.220. The van der Waals surface area contributed by atoms with Gasteiger partial charge >= 0.3 is 19.8 Å². The van der Waals surface area contributed by atoms with Crippen molar-refractivity contribution in [2.45, 2.75) is 204 Å². The zero-order valence-electron chi connectivity index (χ0n) is 33.0. The molecule has 0 aromatic rings. The van der Waals surface area contributed by atoms with E-state index < -0.39 is 75.7 Å². The van der Waals surface area contributed by atoms with Crippen LogP contribution in [0.1, 0.15) is 162 Å². The first-order valence-electron chi connectivity index (χ1n) is 20.6. The molecule has 54 heavy (non-hydrogen) atoms. The SMILES string of the molecule is CCCCC/C=C\C/C=C\CCCCCCCC(=O)O[C@H](COC(=O)CCCCCCCCCCCC)COP(=O)(O)OC1C(O)C(O)C(O)[C@@H](O)C1O. The average molecular weight is 793 g/mol. The second kappa shape index (κ2) is 31.4. The highest BCUT2D eigenvalue weighted by Gasteiger charge is 2.51. The van der Waals surface area contributed by atoms with E-state index in [4.69, 9.17) is 18.5 Å². The van der Waals surface area contributed by atoms with Crippen molar-refractivity contribution < 1.29 is 63.1 Å². The van der Waals surface area contributed by atoms with Gasteiger partial charge in [0.1, 0.15) is 43.2 Å². The Kier molecular flexibility index (Phi) is 29.3. The van der Waals surface area contributed by atoms with Gasteiger partial charge in [-0.15, -0.1) is 0 Å². The summed E-state index contributed by atoms with van der Waals surface area (Å²) in [6, 6.07) is 0. The fourth-order valence-corrected chi connectivity index (χ4v) is 7.11. The molecule has 0 amide bonds. The van der Waals surface area contributed by atoms with Crippen molar-refractivity contribution in [3.05, 3.63) is 24.3 Å². The Morgan fingerprint density at radius 1 is 0.574 bits per heavy atom. The standard InChI is InChI=1S/C40H73O13P/c1-3-5-7-9-11-13-15-16-17-18-19-21-23-25-27-29-34(42)52-32(30-50-33(41)28-26-24-22-20-14-12-10-8-6-4-2)31-51-54(48,49)53-40-38(46)36(44)35(43)37(45)39(40)47/h11,13,16-17,32,35-40,43-47H,3-10,12,14-15,18-31H2,1-2H3,(H,48,49)/b13-11-,17-16-/t32-,35?,36-,37?,38?,39?,40?/m1/s1. The van der Waals surface area contributed by atoms with Crippen molar-refractivity contribution >= 4 is 19.8 Å². The zero-order chi connectivity index (χ0) is 40.0. The van der Waals surface area contributed by atoms with E-state index in [1.165, 1.54) is 57.8 Å². The Labute approximate surface area is 324 Å². The van der Waals surface area contributed by atoms with Gasteiger partial charge in [0, 0.05) is 12.8 Å². The number of phosphoric ester groups is 1. The lowest BCUT2D eigenvalue weighted by atomic mass is 9.85. The third kappa shape index (κ3) is 24.1. The van der Waals surface area contributed by atoms with E-state index in [0.717, 1.165) is 64.2 Å². The largest absolute Gasteiger partial charge is 0.472 e. The highest BCUT2D eigenvalue weighted by Crippen LogP contribution is 2.47. The first-order chi connectivity index (χ1) is 25.9. The molecule has 0 saturated heterocycles. The van der Waals surface area contributed by atoms with Gasteiger partial charge in [-0.2, -0.15) is 0 Å². The monoisotopic (exact) mass is 792 g/mol. The number of hydrogen-bond acceptors (Lipinski definition) is 12. The minimum atomic E-state index is -5.11. The molecule has 0 aromatic carbocycles. The summed E-state index contributed by atoms with van der Waals surface area (Å²) in [6.07, 6.45) is 18.2. The molecule has 0 heterocycles. The minimum absolute atomic E-state index is 0.0827. The summed E-state index contributed by atoms with van der Waals surface area (Å²) in [7, 11) is -5.11. The number of esters is 2. The highest BCUT2D eigenvalue weighted by atomic mass is 31.2. The van der Waals surface area contributed by atoms with Crippen molar-refractivity contribution in [1.29, 1.82) is 0 Å². The van der Waals surface area contributed by atoms with Gasteiger partial charge < -0.3 is 39.9 Å². The summed E-state index contributed by atoms with van der Waals surface area (Å²) in [5, 5.41) is 50.0.